The standard InChI is InChI=1S/C10H7ClO3/c11-10-8(2-4-14-10)9(12)5-7-1-3-13-6-7/h1-4,6H,5H2. The molecular weight excluding hydrogens is 204 g/mol. The number of Topliss-reactive ketones (excluding diaryl/α,β-unsaturated/α-hetero) is 1. The molecule has 0 radical (unpaired) electrons. The van der Waals surface area contributed by atoms with Gasteiger partial charge in [-0.25, -0.2) is 0 Å². The Kier molecular flexibility index (Phi) is 2.41. The van der Waals surface area contributed by atoms with Gasteiger partial charge in [0.15, 0.2) is 5.78 Å². The van der Waals surface area contributed by atoms with E-state index >= 15 is 0 Å². The van der Waals surface area contributed by atoms with Gasteiger partial charge >= 0.3 is 0 Å². The zero-order valence-electron chi connectivity index (χ0n) is 7.20. The van der Waals surface area contributed by atoms with Crippen LogP contribution in [0.4, 0.5) is 0 Å². The molecule has 0 amide bonds. The van der Waals surface area contributed by atoms with Crippen LogP contribution in [0.25, 0.3) is 0 Å². The Morgan fingerprint density at radius 3 is 2.79 bits per heavy atom. The second kappa shape index (κ2) is 3.72. The smallest absolute Gasteiger partial charge is 0.203 e. The van der Waals surface area contributed by atoms with Crippen LogP contribution in [0.3, 0.4) is 0 Å². The van der Waals surface area contributed by atoms with E-state index in [0.717, 1.165) is 5.56 Å². The van der Waals surface area contributed by atoms with Gasteiger partial charge in [-0.1, -0.05) is 0 Å². The van der Waals surface area contributed by atoms with E-state index in [1.807, 2.05) is 0 Å². The summed E-state index contributed by atoms with van der Waals surface area (Å²) in [6, 6.07) is 3.30. The van der Waals surface area contributed by atoms with E-state index in [1.54, 1.807) is 12.1 Å². The lowest BCUT2D eigenvalue weighted by molar-refractivity contribution is 0.0992. The van der Waals surface area contributed by atoms with Crippen LogP contribution in [0.15, 0.2) is 39.8 Å². The van der Waals surface area contributed by atoms with Gasteiger partial charge in [0, 0.05) is 6.42 Å². The van der Waals surface area contributed by atoms with E-state index in [1.165, 1.54) is 18.8 Å². The molecule has 3 nitrogen and oxygen atoms in total. The molecule has 72 valence electrons. The first-order valence-electron chi connectivity index (χ1n) is 4.04. The maximum atomic E-state index is 11.6. The molecule has 0 atom stereocenters. The lowest BCUT2D eigenvalue weighted by atomic mass is 10.1. The minimum atomic E-state index is -0.0786. The average Bonchev–Trinajstić information content (AvgIpc) is 2.75. The molecule has 0 unspecified atom stereocenters. The van der Waals surface area contributed by atoms with Crippen LogP contribution in [-0.4, -0.2) is 5.78 Å². The van der Waals surface area contributed by atoms with Gasteiger partial charge in [0.25, 0.3) is 0 Å². The number of furan rings is 2. The molecule has 0 spiro atoms. The molecule has 0 fully saturated rings. The second-order valence-corrected chi connectivity index (χ2v) is 3.18. The molecule has 0 N–H and O–H groups in total. The van der Waals surface area contributed by atoms with Crippen LogP contribution >= 0.6 is 11.6 Å². The maximum absolute atomic E-state index is 11.6. The van der Waals surface area contributed by atoms with Crippen LogP contribution < -0.4 is 0 Å². The molecule has 14 heavy (non-hydrogen) atoms. The van der Waals surface area contributed by atoms with Gasteiger partial charge in [0.1, 0.15) is 0 Å². The Bertz CT molecular complexity index is 428. The quantitative estimate of drug-likeness (QED) is 0.732. The van der Waals surface area contributed by atoms with Gasteiger partial charge in [-0.05, 0) is 29.3 Å². The summed E-state index contributed by atoms with van der Waals surface area (Å²) in [6.07, 6.45) is 4.73. The highest BCUT2D eigenvalue weighted by atomic mass is 35.5. The summed E-state index contributed by atoms with van der Waals surface area (Å²) in [5.41, 5.74) is 1.24. The fourth-order valence-electron chi connectivity index (χ4n) is 1.17. The fourth-order valence-corrected chi connectivity index (χ4v) is 1.39. The summed E-state index contributed by atoms with van der Waals surface area (Å²) in [5.74, 6) is -0.0786. The highest BCUT2D eigenvalue weighted by Crippen LogP contribution is 2.18. The molecular formula is C10H7ClO3. The summed E-state index contributed by atoms with van der Waals surface area (Å²) < 4.78 is 9.68. The van der Waals surface area contributed by atoms with Gasteiger partial charge < -0.3 is 8.83 Å². The number of ketones is 1. The SMILES string of the molecule is O=C(Cc1ccoc1)c1ccoc1Cl. The highest BCUT2D eigenvalue weighted by molar-refractivity contribution is 6.32. The van der Waals surface area contributed by atoms with Gasteiger partial charge in [0.05, 0.1) is 24.4 Å². The summed E-state index contributed by atoms with van der Waals surface area (Å²) in [5, 5.41) is 0.137. The summed E-state index contributed by atoms with van der Waals surface area (Å²) in [6.45, 7) is 0. The zero-order valence-corrected chi connectivity index (χ0v) is 7.95. The van der Waals surface area contributed by atoms with Crippen molar-refractivity contribution in [3.05, 3.63) is 47.3 Å². The number of rotatable bonds is 3. The third-order valence-electron chi connectivity index (χ3n) is 1.86. The summed E-state index contributed by atoms with van der Waals surface area (Å²) in [7, 11) is 0. The average molecular weight is 211 g/mol. The zero-order chi connectivity index (χ0) is 9.97. The normalized spacial score (nSPS) is 10.4. The first-order chi connectivity index (χ1) is 6.77. The van der Waals surface area contributed by atoms with Crippen molar-refractivity contribution in [1.82, 2.24) is 0 Å². The molecule has 2 aromatic heterocycles. The Morgan fingerprint density at radius 2 is 2.21 bits per heavy atom. The Morgan fingerprint density at radius 1 is 1.36 bits per heavy atom. The molecule has 2 heterocycles. The fraction of sp³-hybridized carbons (Fsp3) is 0.100. The van der Waals surface area contributed by atoms with Crippen molar-refractivity contribution in [1.29, 1.82) is 0 Å². The third-order valence-corrected chi connectivity index (χ3v) is 2.16. The first-order valence-corrected chi connectivity index (χ1v) is 4.42. The van der Waals surface area contributed by atoms with Crippen molar-refractivity contribution in [3.63, 3.8) is 0 Å². The van der Waals surface area contributed by atoms with Crippen molar-refractivity contribution >= 4 is 17.4 Å². The van der Waals surface area contributed by atoms with Gasteiger partial charge in [-0.2, -0.15) is 0 Å². The van der Waals surface area contributed by atoms with Crippen LogP contribution in [0.5, 0.6) is 0 Å². The minimum Gasteiger partial charge on any atom is -0.472 e. The monoisotopic (exact) mass is 210 g/mol. The van der Waals surface area contributed by atoms with E-state index < -0.39 is 0 Å². The predicted molar refractivity (Wildman–Crippen MR) is 50.5 cm³/mol. The lowest BCUT2D eigenvalue weighted by Gasteiger charge is -1.94. The van der Waals surface area contributed by atoms with Crippen molar-refractivity contribution in [3.8, 4) is 0 Å². The number of halogens is 1. The number of hydrogen-bond donors (Lipinski definition) is 0. The van der Waals surface area contributed by atoms with E-state index in [-0.39, 0.29) is 17.4 Å². The molecule has 0 aliphatic heterocycles. The molecule has 4 heteroatoms. The maximum Gasteiger partial charge on any atom is 0.203 e. The molecule has 0 bridgehead atoms. The molecule has 0 saturated carbocycles. The summed E-state index contributed by atoms with van der Waals surface area (Å²) >= 11 is 5.66. The molecule has 2 aromatic rings. The molecule has 0 aliphatic carbocycles. The van der Waals surface area contributed by atoms with E-state index in [9.17, 15) is 4.79 Å². The van der Waals surface area contributed by atoms with Crippen molar-refractivity contribution in [2.75, 3.05) is 0 Å². The van der Waals surface area contributed by atoms with Crippen molar-refractivity contribution in [2.24, 2.45) is 0 Å². The van der Waals surface area contributed by atoms with Gasteiger partial charge in [0.2, 0.25) is 5.22 Å². The molecule has 0 aromatic carbocycles. The largest absolute Gasteiger partial charge is 0.472 e. The highest BCUT2D eigenvalue weighted by Gasteiger charge is 2.13. The summed E-state index contributed by atoms with van der Waals surface area (Å²) in [4.78, 5) is 11.6. The number of carbonyl (C=O) groups is 1. The molecule has 0 saturated heterocycles. The second-order valence-electron chi connectivity index (χ2n) is 2.84. The number of carbonyl (C=O) groups excluding carboxylic acids is 1. The van der Waals surface area contributed by atoms with E-state index in [2.05, 4.69) is 0 Å². The predicted octanol–water partition coefficient (Wildman–Crippen LogP) is 2.95. The van der Waals surface area contributed by atoms with Crippen LogP contribution in [0, 0.1) is 0 Å². The molecule has 2 rings (SSSR count). The van der Waals surface area contributed by atoms with Gasteiger partial charge in [-0.3, -0.25) is 4.79 Å². The third kappa shape index (κ3) is 1.72. The lowest BCUT2D eigenvalue weighted by Crippen LogP contribution is -2.01. The van der Waals surface area contributed by atoms with E-state index in [0.29, 0.717) is 5.56 Å². The van der Waals surface area contributed by atoms with Crippen LogP contribution in [0.1, 0.15) is 15.9 Å². The van der Waals surface area contributed by atoms with Gasteiger partial charge in [-0.15, -0.1) is 0 Å². The first kappa shape index (κ1) is 9.09. The van der Waals surface area contributed by atoms with Crippen LogP contribution in [0.2, 0.25) is 5.22 Å². The van der Waals surface area contributed by atoms with Crippen LogP contribution in [-0.2, 0) is 6.42 Å². The Hall–Kier alpha value is -1.48. The minimum absolute atomic E-state index is 0.0786. The Balaban J connectivity index is 2.14. The van der Waals surface area contributed by atoms with Crippen molar-refractivity contribution in [2.45, 2.75) is 6.42 Å². The number of hydrogen-bond acceptors (Lipinski definition) is 3. The van der Waals surface area contributed by atoms with E-state index in [4.69, 9.17) is 20.4 Å². The topological polar surface area (TPSA) is 43.4 Å². The molecule has 0 aliphatic rings. The van der Waals surface area contributed by atoms with Crippen molar-refractivity contribution < 1.29 is 13.6 Å². The Labute approximate surface area is 85.3 Å².